The van der Waals surface area contributed by atoms with E-state index in [4.69, 9.17) is 20.8 Å². The van der Waals surface area contributed by atoms with E-state index < -0.39 is 11.7 Å². The predicted molar refractivity (Wildman–Crippen MR) is 105 cm³/mol. The molecule has 0 saturated heterocycles. The number of methoxy groups -OCH3 is 1. The fourth-order valence-corrected chi connectivity index (χ4v) is 3.57. The summed E-state index contributed by atoms with van der Waals surface area (Å²) in [4.78, 5) is 0. The number of nitrogens with zero attached hydrogens (tertiary/aromatic N) is 6. The fraction of sp³-hybridized carbons (Fsp3) is 0.167. The van der Waals surface area contributed by atoms with E-state index in [-0.39, 0.29) is 33.4 Å². The molecule has 160 valence electrons. The minimum Gasteiger partial charge on any atom is -0.496 e. The Morgan fingerprint density at radius 1 is 1.13 bits per heavy atom. The number of tetrazole rings is 1. The Balaban J connectivity index is 1.57. The third-order valence-corrected chi connectivity index (χ3v) is 5.14. The highest BCUT2D eigenvalue weighted by Crippen LogP contribution is 2.36. The van der Waals surface area contributed by atoms with E-state index in [9.17, 15) is 13.2 Å². The molecule has 0 amide bonds. The predicted octanol–water partition coefficient (Wildman–Crippen LogP) is 4.69. The first-order valence-electron chi connectivity index (χ1n) is 8.61. The van der Waals surface area contributed by atoms with E-state index in [1.54, 1.807) is 24.3 Å². The van der Waals surface area contributed by atoms with E-state index in [2.05, 4.69) is 25.7 Å². The van der Waals surface area contributed by atoms with Crippen LogP contribution in [0.2, 0.25) is 5.02 Å². The lowest BCUT2D eigenvalue weighted by Crippen LogP contribution is -2.13. The van der Waals surface area contributed by atoms with Crippen LogP contribution in [0.3, 0.4) is 0 Å². The van der Waals surface area contributed by atoms with E-state index in [1.165, 1.54) is 19.2 Å². The highest BCUT2D eigenvalue weighted by Gasteiger charge is 2.35. The van der Waals surface area contributed by atoms with Gasteiger partial charge in [-0.3, -0.25) is 0 Å². The lowest BCUT2D eigenvalue weighted by Gasteiger charge is -2.13. The minimum atomic E-state index is -4.63. The summed E-state index contributed by atoms with van der Waals surface area (Å²) in [6.45, 7) is 0. The van der Waals surface area contributed by atoms with Crippen LogP contribution in [0.4, 0.5) is 13.2 Å². The Morgan fingerprint density at radius 3 is 2.71 bits per heavy atom. The van der Waals surface area contributed by atoms with Gasteiger partial charge in [0.2, 0.25) is 0 Å². The van der Waals surface area contributed by atoms with Crippen LogP contribution in [0.5, 0.6) is 5.75 Å². The molecular formula is C18H12ClF3N6O2S. The third kappa shape index (κ3) is 4.49. The van der Waals surface area contributed by atoms with Gasteiger partial charge in [-0.15, -0.1) is 15.3 Å². The molecule has 2 aromatic carbocycles. The van der Waals surface area contributed by atoms with Crippen LogP contribution in [-0.4, -0.2) is 37.5 Å². The monoisotopic (exact) mass is 468 g/mol. The summed E-state index contributed by atoms with van der Waals surface area (Å²) in [5.74, 6) is 1.06. The van der Waals surface area contributed by atoms with E-state index in [0.29, 0.717) is 11.3 Å². The van der Waals surface area contributed by atoms with Crippen molar-refractivity contribution in [3.8, 4) is 22.9 Å². The van der Waals surface area contributed by atoms with Crippen LogP contribution < -0.4 is 4.74 Å². The second-order valence-corrected chi connectivity index (χ2v) is 7.39. The number of halogens is 4. The Hall–Kier alpha value is -3.12. The van der Waals surface area contributed by atoms with Gasteiger partial charge in [0.1, 0.15) is 5.75 Å². The number of alkyl halides is 3. The smallest absolute Gasteiger partial charge is 0.418 e. The summed E-state index contributed by atoms with van der Waals surface area (Å²) in [6, 6.07) is 10.5. The molecule has 4 rings (SSSR count). The van der Waals surface area contributed by atoms with Crippen molar-refractivity contribution < 1.29 is 22.3 Å². The summed E-state index contributed by atoms with van der Waals surface area (Å²) < 4.78 is 52.2. The lowest BCUT2D eigenvalue weighted by molar-refractivity contribution is -0.137. The van der Waals surface area contributed by atoms with Crippen molar-refractivity contribution in [2.75, 3.05) is 7.11 Å². The molecule has 2 aromatic heterocycles. The topological polar surface area (TPSA) is 91.8 Å². The molecule has 0 aliphatic heterocycles. The maximum atomic E-state index is 13.4. The molecule has 0 unspecified atom stereocenters. The number of hydrogen-bond acceptors (Lipinski definition) is 8. The van der Waals surface area contributed by atoms with Gasteiger partial charge < -0.3 is 9.15 Å². The highest BCUT2D eigenvalue weighted by atomic mass is 35.5. The number of hydrogen-bond donors (Lipinski definition) is 0. The quantitative estimate of drug-likeness (QED) is 0.376. The van der Waals surface area contributed by atoms with Gasteiger partial charge in [-0.25, -0.2) is 0 Å². The first-order valence-corrected chi connectivity index (χ1v) is 9.97. The minimum absolute atomic E-state index is 0.0465. The molecule has 0 atom stereocenters. The molecule has 2 heterocycles. The van der Waals surface area contributed by atoms with Crippen molar-refractivity contribution in [3.63, 3.8) is 0 Å². The van der Waals surface area contributed by atoms with Crippen LogP contribution in [0.25, 0.3) is 17.1 Å². The van der Waals surface area contributed by atoms with E-state index >= 15 is 0 Å². The van der Waals surface area contributed by atoms with E-state index in [0.717, 1.165) is 22.5 Å². The molecule has 0 radical (unpaired) electrons. The molecule has 31 heavy (non-hydrogen) atoms. The first-order chi connectivity index (χ1) is 14.9. The van der Waals surface area contributed by atoms with Crippen molar-refractivity contribution >= 4 is 23.4 Å². The summed E-state index contributed by atoms with van der Waals surface area (Å²) in [7, 11) is 1.52. The van der Waals surface area contributed by atoms with Gasteiger partial charge in [0.05, 0.1) is 29.7 Å². The molecule has 0 aliphatic carbocycles. The van der Waals surface area contributed by atoms with Crippen molar-refractivity contribution in [1.29, 1.82) is 0 Å². The first kappa shape index (κ1) is 21.1. The van der Waals surface area contributed by atoms with Gasteiger partial charge in [0.15, 0.2) is 5.82 Å². The van der Waals surface area contributed by atoms with Gasteiger partial charge in [-0.1, -0.05) is 35.5 Å². The number of ether oxygens (including phenoxy) is 1. The molecule has 0 bridgehead atoms. The molecule has 8 nitrogen and oxygen atoms in total. The van der Waals surface area contributed by atoms with Crippen LogP contribution in [0.1, 0.15) is 11.4 Å². The Labute approximate surface area is 182 Å². The Kier molecular flexibility index (Phi) is 5.83. The number of thioether (sulfide) groups is 1. The zero-order valence-electron chi connectivity index (χ0n) is 15.7. The van der Waals surface area contributed by atoms with Crippen molar-refractivity contribution in [1.82, 2.24) is 30.4 Å². The SMILES string of the molecule is COc1ccccc1-c1nnc(SCc2nnnn2-c2ccc(Cl)cc2C(F)(F)F)o1. The average molecular weight is 469 g/mol. The van der Waals surface area contributed by atoms with Gasteiger partial charge in [-0.2, -0.15) is 17.9 Å². The molecule has 0 aliphatic rings. The normalized spacial score (nSPS) is 11.6. The Morgan fingerprint density at radius 2 is 1.94 bits per heavy atom. The summed E-state index contributed by atoms with van der Waals surface area (Å²) >= 11 is 6.82. The third-order valence-electron chi connectivity index (χ3n) is 4.09. The van der Waals surface area contributed by atoms with Gasteiger partial charge >= 0.3 is 6.18 Å². The van der Waals surface area contributed by atoms with Crippen molar-refractivity contribution in [3.05, 3.63) is 58.9 Å². The molecular weight excluding hydrogens is 457 g/mol. The molecule has 13 heteroatoms. The lowest BCUT2D eigenvalue weighted by atomic mass is 10.1. The molecule has 0 fully saturated rings. The second kappa shape index (κ2) is 8.55. The number of aromatic nitrogens is 6. The van der Waals surface area contributed by atoms with Crippen LogP contribution in [0, 0.1) is 0 Å². The molecule has 0 N–H and O–H groups in total. The summed E-state index contributed by atoms with van der Waals surface area (Å²) in [6.07, 6.45) is -4.63. The summed E-state index contributed by atoms with van der Waals surface area (Å²) in [5, 5.41) is 19.1. The number of benzene rings is 2. The molecule has 4 aromatic rings. The zero-order valence-corrected chi connectivity index (χ0v) is 17.2. The summed E-state index contributed by atoms with van der Waals surface area (Å²) in [5.41, 5.74) is -0.572. The van der Waals surface area contributed by atoms with Gasteiger partial charge in [0, 0.05) is 5.02 Å². The number of para-hydroxylation sites is 1. The second-order valence-electron chi connectivity index (χ2n) is 6.03. The largest absolute Gasteiger partial charge is 0.496 e. The number of rotatable bonds is 6. The molecule has 0 saturated carbocycles. The van der Waals surface area contributed by atoms with Crippen LogP contribution >= 0.6 is 23.4 Å². The van der Waals surface area contributed by atoms with Gasteiger partial charge in [0.25, 0.3) is 11.1 Å². The highest BCUT2D eigenvalue weighted by molar-refractivity contribution is 7.98. The van der Waals surface area contributed by atoms with Crippen molar-refractivity contribution in [2.24, 2.45) is 0 Å². The maximum Gasteiger partial charge on any atom is 0.418 e. The van der Waals surface area contributed by atoms with Crippen LogP contribution in [0.15, 0.2) is 52.1 Å². The van der Waals surface area contributed by atoms with Crippen molar-refractivity contribution in [2.45, 2.75) is 17.2 Å². The standard InChI is InChI=1S/C18H12ClF3N6O2S/c1-29-14-5-3-2-4-11(14)16-24-25-17(30-16)31-9-15-23-26-27-28(15)13-7-6-10(19)8-12(13)18(20,21)22/h2-8H,9H2,1H3. The average Bonchev–Trinajstić information content (AvgIpc) is 3.41. The Bertz CT molecular complexity index is 1210. The van der Waals surface area contributed by atoms with Crippen LogP contribution in [-0.2, 0) is 11.9 Å². The fourth-order valence-electron chi connectivity index (χ4n) is 2.73. The zero-order chi connectivity index (χ0) is 22.0. The van der Waals surface area contributed by atoms with E-state index in [1.807, 2.05) is 0 Å². The maximum absolute atomic E-state index is 13.4. The van der Waals surface area contributed by atoms with Gasteiger partial charge in [-0.05, 0) is 40.8 Å². The molecule has 0 spiro atoms.